The summed E-state index contributed by atoms with van der Waals surface area (Å²) < 4.78 is 1.81. The Bertz CT molecular complexity index is 741. The Balaban J connectivity index is 1.31. The number of hydrogen-bond acceptors (Lipinski definition) is 6. The minimum absolute atomic E-state index is 0.0970. The molecular formula is C18H24N6O2. The lowest BCUT2D eigenvalue weighted by Gasteiger charge is -2.33. The number of piperidine rings is 1. The molecule has 2 atom stereocenters. The predicted octanol–water partition coefficient (Wildman–Crippen LogP) is 0.542. The lowest BCUT2D eigenvalue weighted by molar-refractivity contribution is -0.134. The second-order valence-corrected chi connectivity index (χ2v) is 6.94. The standard InChI is InChI=1S/C18H24N6O2/c25-12-14-11-24(22-19-14)15-6-8-23(9-7-15)18(26)17-10-16(20-21-17)13-4-2-1-3-5-13/h1-5,11,15-17,20-21,25H,6-10,12H2. The number of carbonyl (C=O) groups is 1. The van der Waals surface area contributed by atoms with E-state index < -0.39 is 0 Å². The second kappa shape index (κ2) is 7.53. The molecule has 138 valence electrons. The molecule has 1 amide bonds. The fourth-order valence-corrected chi connectivity index (χ4v) is 3.76. The summed E-state index contributed by atoms with van der Waals surface area (Å²) in [5.41, 5.74) is 8.18. The first-order valence-electron chi connectivity index (χ1n) is 9.11. The van der Waals surface area contributed by atoms with Crippen LogP contribution < -0.4 is 10.9 Å². The van der Waals surface area contributed by atoms with Crippen molar-refractivity contribution in [1.29, 1.82) is 0 Å². The zero-order chi connectivity index (χ0) is 17.9. The third kappa shape index (κ3) is 3.48. The van der Waals surface area contributed by atoms with Gasteiger partial charge in [-0.3, -0.25) is 4.79 Å². The first kappa shape index (κ1) is 17.1. The van der Waals surface area contributed by atoms with E-state index in [0.29, 0.717) is 18.8 Å². The minimum atomic E-state index is -0.191. The second-order valence-electron chi connectivity index (χ2n) is 6.94. The molecule has 4 rings (SSSR count). The molecule has 0 saturated carbocycles. The van der Waals surface area contributed by atoms with Crippen molar-refractivity contribution in [2.24, 2.45) is 0 Å². The quantitative estimate of drug-likeness (QED) is 0.740. The van der Waals surface area contributed by atoms with Gasteiger partial charge in [0.2, 0.25) is 5.91 Å². The monoisotopic (exact) mass is 356 g/mol. The fraction of sp³-hybridized carbons (Fsp3) is 0.500. The Morgan fingerprint density at radius 1 is 1.19 bits per heavy atom. The number of hydrogen-bond donors (Lipinski definition) is 3. The van der Waals surface area contributed by atoms with Crippen molar-refractivity contribution < 1.29 is 9.90 Å². The number of aliphatic hydroxyl groups is 1. The molecular weight excluding hydrogens is 332 g/mol. The van der Waals surface area contributed by atoms with E-state index >= 15 is 0 Å². The van der Waals surface area contributed by atoms with E-state index in [4.69, 9.17) is 5.11 Å². The summed E-state index contributed by atoms with van der Waals surface area (Å²) in [5.74, 6) is 0.156. The molecule has 0 bridgehead atoms. The molecule has 1 aromatic heterocycles. The third-order valence-corrected chi connectivity index (χ3v) is 5.27. The van der Waals surface area contributed by atoms with Crippen molar-refractivity contribution >= 4 is 5.91 Å². The Morgan fingerprint density at radius 2 is 1.96 bits per heavy atom. The summed E-state index contributed by atoms with van der Waals surface area (Å²) in [7, 11) is 0. The summed E-state index contributed by atoms with van der Waals surface area (Å²) in [6.07, 6.45) is 4.24. The van der Waals surface area contributed by atoms with Crippen molar-refractivity contribution in [1.82, 2.24) is 30.7 Å². The molecule has 2 saturated heterocycles. The van der Waals surface area contributed by atoms with Gasteiger partial charge in [0.05, 0.1) is 18.8 Å². The maximum atomic E-state index is 12.8. The average molecular weight is 356 g/mol. The number of hydrazine groups is 1. The highest BCUT2D eigenvalue weighted by Gasteiger charge is 2.34. The number of amides is 1. The SMILES string of the molecule is O=C(C1CC(c2ccccc2)NN1)N1CCC(n2cc(CO)nn2)CC1. The molecule has 0 spiro atoms. The highest BCUT2D eigenvalue weighted by atomic mass is 16.3. The van der Waals surface area contributed by atoms with Gasteiger partial charge >= 0.3 is 0 Å². The van der Waals surface area contributed by atoms with Crippen molar-refractivity contribution in [2.45, 2.75) is 44.0 Å². The van der Waals surface area contributed by atoms with Gasteiger partial charge < -0.3 is 10.0 Å². The summed E-state index contributed by atoms with van der Waals surface area (Å²) >= 11 is 0. The number of aromatic nitrogens is 3. The van der Waals surface area contributed by atoms with Gasteiger partial charge in [-0.15, -0.1) is 5.10 Å². The first-order valence-corrected chi connectivity index (χ1v) is 9.11. The van der Waals surface area contributed by atoms with Crippen LogP contribution in [0.2, 0.25) is 0 Å². The molecule has 1 aromatic carbocycles. The van der Waals surface area contributed by atoms with Crippen LogP contribution in [0, 0.1) is 0 Å². The molecule has 0 radical (unpaired) electrons. The van der Waals surface area contributed by atoms with Crippen molar-refractivity contribution in [3.63, 3.8) is 0 Å². The van der Waals surface area contributed by atoms with Crippen LogP contribution in [0.5, 0.6) is 0 Å². The Kier molecular flexibility index (Phi) is 4.96. The maximum Gasteiger partial charge on any atom is 0.241 e. The van der Waals surface area contributed by atoms with E-state index in [1.54, 1.807) is 6.20 Å². The van der Waals surface area contributed by atoms with Gasteiger partial charge in [-0.25, -0.2) is 15.5 Å². The number of aliphatic hydroxyl groups excluding tert-OH is 1. The molecule has 2 aromatic rings. The molecule has 2 unspecified atom stereocenters. The molecule has 0 aliphatic carbocycles. The van der Waals surface area contributed by atoms with Gasteiger partial charge in [0.15, 0.2) is 0 Å². The zero-order valence-electron chi connectivity index (χ0n) is 14.6. The average Bonchev–Trinajstić information content (AvgIpc) is 3.38. The third-order valence-electron chi connectivity index (χ3n) is 5.27. The molecule has 2 aliphatic rings. The molecule has 8 heteroatoms. The van der Waals surface area contributed by atoms with Gasteiger partial charge in [-0.1, -0.05) is 35.5 Å². The van der Waals surface area contributed by atoms with Crippen LogP contribution in [-0.2, 0) is 11.4 Å². The first-order chi connectivity index (χ1) is 12.7. The van der Waals surface area contributed by atoms with Gasteiger partial charge in [-0.05, 0) is 24.8 Å². The van der Waals surface area contributed by atoms with Crippen molar-refractivity contribution in [3.05, 3.63) is 47.8 Å². The van der Waals surface area contributed by atoms with Gasteiger partial charge in [0.1, 0.15) is 11.7 Å². The highest BCUT2D eigenvalue weighted by Crippen LogP contribution is 2.26. The summed E-state index contributed by atoms with van der Waals surface area (Å²) in [6.45, 7) is 1.33. The number of nitrogens with one attached hydrogen (secondary N) is 2. The van der Waals surface area contributed by atoms with Crippen LogP contribution in [0.15, 0.2) is 36.5 Å². The van der Waals surface area contributed by atoms with Crippen LogP contribution >= 0.6 is 0 Å². The van der Waals surface area contributed by atoms with Gasteiger partial charge in [-0.2, -0.15) is 0 Å². The van der Waals surface area contributed by atoms with Crippen LogP contribution in [0.25, 0.3) is 0 Å². The molecule has 2 fully saturated rings. The number of likely N-dealkylation sites (tertiary alicyclic amines) is 1. The van der Waals surface area contributed by atoms with Crippen LogP contribution in [0.4, 0.5) is 0 Å². The van der Waals surface area contributed by atoms with Gasteiger partial charge in [0.25, 0.3) is 0 Å². The molecule has 8 nitrogen and oxygen atoms in total. The van der Waals surface area contributed by atoms with Crippen molar-refractivity contribution in [2.75, 3.05) is 13.1 Å². The summed E-state index contributed by atoms with van der Waals surface area (Å²) in [4.78, 5) is 14.8. The molecule has 2 aliphatic heterocycles. The Hall–Kier alpha value is -2.29. The number of nitrogens with zero attached hydrogens (tertiary/aromatic N) is 4. The normalized spacial score (nSPS) is 24.1. The smallest absolute Gasteiger partial charge is 0.241 e. The van der Waals surface area contributed by atoms with E-state index in [-0.39, 0.29) is 30.6 Å². The lowest BCUT2D eigenvalue weighted by atomic mass is 10.00. The predicted molar refractivity (Wildman–Crippen MR) is 94.7 cm³/mol. The van der Waals surface area contributed by atoms with E-state index in [1.165, 1.54) is 5.56 Å². The van der Waals surface area contributed by atoms with E-state index in [1.807, 2.05) is 27.8 Å². The fourth-order valence-electron chi connectivity index (χ4n) is 3.76. The Labute approximate surface area is 152 Å². The lowest BCUT2D eigenvalue weighted by Crippen LogP contribution is -2.48. The van der Waals surface area contributed by atoms with E-state index in [9.17, 15) is 4.79 Å². The van der Waals surface area contributed by atoms with Crippen molar-refractivity contribution in [3.8, 4) is 0 Å². The number of rotatable bonds is 4. The molecule has 26 heavy (non-hydrogen) atoms. The topological polar surface area (TPSA) is 95.3 Å². The molecule has 3 heterocycles. The largest absolute Gasteiger partial charge is 0.390 e. The number of benzene rings is 1. The van der Waals surface area contributed by atoms with E-state index in [0.717, 1.165) is 19.3 Å². The van der Waals surface area contributed by atoms with Crippen LogP contribution in [0.1, 0.15) is 42.6 Å². The summed E-state index contributed by atoms with van der Waals surface area (Å²) in [5, 5.41) is 17.1. The Morgan fingerprint density at radius 3 is 2.65 bits per heavy atom. The highest BCUT2D eigenvalue weighted by molar-refractivity contribution is 5.82. The zero-order valence-corrected chi connectivity index (χ0v) is 14.6. The van der Waals surface area contributed by atoms with Gasteiger partial charge in [0, 0.05) is 19.1 Å². The minimum Gasteiger partial charge on any atom is -0.390 e. The maximum absolute atomic E-state index is 12.8. The van der Waals surface area contributed by atoms with E-state index in [2.05, 4.69) is 33.3 Å². The molecule has 3 N–H and O–H groups in total. The summed E-state index contributed by atoms with van der Waals surface area (Å²) in [6, 6.07) is 10.4. The number of carbonyl (C=O) groups excluding carboxylic acids is 1. The van der Waals surface area contributed by atoms with Crippen LogP contribution in [-0.4, -0.2) is 50.0 Å². The van der Waals surface area contributed by atoms with Crippen LogP contribution in [0.3, 0.4) is 0 Å².